The van der Waals surface area contributed by atoms with Gasteiger partial charge in [0.15, 0.2) is 16.9 Å². The number of rotatable bonds is 5. The van der Waals surface area contributed by atoms with Crippen LogP contribution in [0.3, 0.4) is 0 Å². The van der Waals surface area contributed by atoms with E-state index in [9.17, 15) is 8.78 Å². The summed E-state index contributed by atoms with van der Waals surface area (Å²) in [6, 6.07) is 3.16. The molecule has 2 N–H and O–H groups in total. The quantitative estimate of drug-likeness (QED) is 0.720. The van der Waals surface area contributed by atoms with Crippen molar-refractivity contribution >= 4 is 34.4 Å². The number of fused-ring (bicyclic) bond motifs is 1. The van der Waals surface area contributed by atoms with Gasteiger partial charge in [-0.3, -0.25) is 5.41 Å². The van der Waals surface area contributed by atoms with E-state index in [2.05, 4.69) is 15.0 Å². The summed E-state index contributed by atoms with van der Waals surface area (Å²) in [6.07, 6.45) is 0.339. The van der Waals surface area contributed by atoms with Crippen LogP contribution in [0, 0.1) is 5.41 Å². The highest BCUT2D eigenvalue weighted by Gasteiger charge is 2.13. The zero-order chi connectivity index (χ0) is 17.3. The van der Waals surface area contributed by atoms with Crippen molar-refractivity contribution in [2.45, 2.75) is 13.0 Å². The third kappa shape index (κ3) is 3.34. The molecule has 1 aromatic carbocycles. The first-order chi connectivity index (χ1) is 11.5. The molecule has 0 aliphatic rings. The van der Waals surface area contributed by atoms with Crippen LogP contribution in [0.2, 0.25) is 10.0 Å². The predicted octanol–water partition coefficient (Wildman–Crippen LogP) is 3.24. The van der Waals surface area contributed by atoms with Gasteiger partial charge in [0.25, 0.3) is 6.43 Å². The van der Waals surface area contributed by atoms with Crippen molar-refractivity contribution in [2.24, 2.45) is 0 Å². The summed E-state index contributed by atoms with van der Waals surface area (Å²) in [5.74, 6) is 0.0249. The Balaban J connectivity index is 1.91. The Morgan fingerprint density at radius 2 is 1.96 bits per heavy atom. The Morgan fingerprint density at radius 3 is 2.62 bits per heavy atom. The number of nitrogens with one attached hydrogen (secondary N) is 2. The number of imidazole rings is 1. The van der Waals surface area contributed by atoms with Crippen LogP contribution in [0.1, 0.15) is 5.56 Å². The van der Waals surface area contributed by atoms with Gasteiger partial charge in [-0.05, 0) is 17.7 Å². The van der Waals surface area contributed by atoms with Crippen molar-refractivity contribution in [1.82, 2.24) is 19.5 Å². The highest BCUT2D eigenvalue weighted by atomic mass is 35.5. The molecule has 0 aliphatic heterocycles. The first-order valence-electron chi connectivity index (χ1n) is 6.77. The molecule has 0 saturated carbocycles. The minimum atomic E-state index is -2.62. The number of benzene rings is 1. The van der Waals surface area contributed by atoms with E-state index in [0.717, 1.165) is 0 Å². The Bertz CT molecular complexity index is 917. The Hall–Kier alpha value is -2.19. The molecular weight excluding hydrogens is 363 g/mol. The zero-order valence-electron chi connectivity index (χ0n) is 12.1. The molecule has 24 heavy (non-hydrogen) atoms. The van der Waals surface area contributed by atoms with Crippen molar-refractivity contribution in [3.8, 4) is 5.75 Å². The lowest BCUT2D eigenvalue weighted by molar-refractivity contribution is 0.0820. The number of nitrogens with zero attached hydrogens (tertiary/aromatic N) is 3. The van der Waals surface area contributed by atoms with Crippen LogP contribution in [0.25, 0.3) is 11.2 Å². The number of ether oxygens (including phenoxy) is 1. The lowest BCUT2D eigenvalue weighted by atomic mass is 10.2. The number of H-pyrrole nitrogens is 1. The molecule has 0 radical (unpaired) electrons. The fourth-order valence-electron chi connectivity index (χ4n) is 2.23. The summed E-state index contributed by atoms with van der Waals surface area (Å²) in [7, 11) is 0. The van der Waals surface area contributed by atoms with Crippen LogP contribution in [0.5, 0.6) is 5.75 Å². The number of hydrogen-bond acceptors (Lipinski definition) is 4. The second kappa shape index (κ2) is 6.74. The maximum absolute atomic E-state index is 12.3. The summed E-state index contributed by atoms with van der Waals surface area (Å²) in [5, 5.41) is 8.00. The van der Waals surface area contributed by atoms with Gasteiger partial charge in [-0.2, -0.15) is 0 Å². The fraction of sp³-hybridized carbons (Fsp3) is 0.214. The molecular formula is C14H11Cl2F2N5O. The maximum atomic E-state index is 12.3. The number of alkyl halides is 2. The average molecular weight is 374 g/mol. The number of aromatic nitrogens is 4. The summed E-state index contributed by atoms with van der Waals surface area (Å²) in [5.41, 5.74) is 1.86. The van der Waals surface area contributed by atoms with Gasteiger partial charge in [-0.15, -0.1) is 0 Å². The molecule has 6 nitrogen and oxygen atoms in total. The molecule has 0 fully saturated rings. The SMILES string of the molecule is N=c1ncn(Cc2cc(Cl)c(OCC(F)F)c(Cl)c2)c2nc[nH]c12. The fourth-order valence-corrected chi connectivity index (χ4v) is 2.87. The molecule has 0 bridgehead atoms. The molecule has 126 valence electrons. The second-order valence-electron chi connectivity index (χ2n) is 4.91. The summed E-state index contributed by atoms with van der Waals surface area (Å²) in [6.45, 7) is -0.445. The molecule has 2 heterocycles. The van der Waals surface area contributed by atoms with Gasteiger partial charge in [0, 0.05) is 0 Å². The Kier molecular flexibility index (Phi) is 4.68. The summed E-state index contributed by atoms with van der Waals surface area (Å²) < 4.78 is 31.2. The van der Waals surface area contributed by atoms with E-state index < -0.39 is 13.0 Å². The molecule has 2 aromatic heterocycles. The topological polar surface area (TPSA) is 79.6 Å². The van der Waals surface area contributed by atoms with E-state index in [4.69, 9.17) is 33.3 Å². The summed E-state index contributed by atoms with van der Waals surface area (Å²) >= 11 is 12.2. The molecule has 0 amide bonds. The first-order valence-corrected chi connectivity index (χ1v) is 7.53. The molecule has 10 heteroatoms. The van der Waals surface area contributed by atoms with Gasteiger partial charge in [0.05, 0.1) is 29.2 Å². The highest BCUT2D eigenvalue weighted by molar-refractivity contribution is 6.37. The lowest BCUT2D eigenvalue weighted by Crippen LogP contribution is -2.13. The van der Waals surface area contributed by atoms with Crippen molar-refractivity contribution < 1.29 is 13.5 Å². The molecule has 0 saturated heterocycles. The van der Waals surface area contributed by atoms with Crippen LogP contribution < -0.4 is 10.2 Å². The van der Waals surface area contributed by atoms with Crippen molar-refractivity contribution in [3.63, 3.8) is 0 Å². The van der Waals surface area contributed by atoms with Gasteiger partial charge < -0.3 is 14.3 Å². The number of hydrogen-bond donors (Lipinski definition) is 2. The first kappa shape index (κ1) is 16.7. The molecule has 0 atom stereocenters. The summed E-state index contributed by atoms with van der Waals surface area (Å²) in [4.78, 5) is 11.0. The van der Waals surface area contributed by atoms with Crippen molar-refractivity contribution in [1.29, 1.82) is 5.41 Å². The Labute approximate surface area is 144 Å². The smallest absolute Gasteiger partial charge is 0.272 e. The maximum Gasteiger partial charge on any atom is 0.272 e. The molecule has 3 rings (SSSR count). The number of halogens is 4. The normalized spacial score (nSPS) is 11.4. The van der Waals surface area contributed by atoms with E-state index in [-0.39, 0.29) is 21.3 Å². The predicted molar refractivity (Wildman–Crippen MR) is 84.8 cm³/mol. The van der Waals surface area contributed by atoms with E-state index in [1.54, 1.807) is 16.7 Å². The van der Waals surface area contributed by atoms with Gasteiger partial charge >= 0.3 is 0 Å². The van der Waals surface area contributed by atoms with Gasteiger partial charge in [0.1, 0.15) is 12.1 Å². The molecule has 3 aromatic rings. The zero-order valence-corrected chi connectivity index (χ0v) is 13.6. The minimum Gasteiger partial charge on any atom is -0.485 e. The highest BCUT2D eigenvalue weighted by Crippen LogP contribution is 2.34. The van der Waals surface area contributed by atoms with Gasteiger partial charge in [-0.1, -0.05) is 23.2 Å². The molecule has 0 unspecified atom stereocenters. The second-order valence-corrected chi connectivity index (χ2v) is 5.73. The van der Waals surface area contributed by atoms with Gasteiger partial charge in [0.2, 0.25) is 0 Å². The van der Waals surface area contributed by atoms with E-state index >= 15 is 0 Å². The van der Waals surface area contributed by atoms with E-state index in [1.807, 2.05) is 0 Å². The third-order valence-corrected chi connectivity index (χ3v) is 3.78. The number of aromatic amines is 1. The van der Waals surface area contributed by atoms with Crippen LogP contribution in [0.4, 0.5) is 8.78 Å². The van der Waals surface area contributed by atoms with Crippen molar-refractivity contribution in [3.05, 3.63) is 45.9 Å². The Morgan fingerprint density at radius 1 is 1.25 bits per heavy atom. The van der Waals surface area contributed by atoms with Crippen LogP contribution in [-0.4, -0.2) is 32.6 Å². The van der Waals surface area contributed by atoms with Crippen LogP contribution in [0.15, 0.2) is 24.8 Å². The van der Waals surface area contributed by atoms with Crippen molar-refractivity contribution in [2.75, 3.05) is 6.61 Å². The monoisotopic (exact) mass is 373 g/mol. The van der Waals surface area contributed by atoms with E-state index in [1.165, 1.54) is 12.7 Å². The van der Waals surface area contributed by atoms with E-state index in [0.29, 0.717) is 23.3 Å². The average Bonchev–Trinajstić information content (AvgIpc) is 2.99. The third-order valence-electron chi connectivity index (χ3n) is 3.22. The minimum absolute atomic E-state index is 0.0249. The molecule has 0 spiro atoms. The molecule has 0 aliphatic carbocycles. The van der Waals surface area contributed by atoms with Crippen LogP contribution >= 0.6 is 23.2 Å². The van der Waals surface area contributed by atoms with Crippen LogP contribution in [-0.2, 0) is 6.54 Å². The standard InChI is InChI=1S/C14H11Cl2F2N5O/c15-8-1-7(2-9(16)12(8)24-4-10(17)18)3-23-6-22-13(19)11-14(23)21-5-20-11/h1-2,5-6,10,19H,3-4H2,(H,20,21). The van der Waals surface area contributed by atoms with Gasteiger partial charge in [-0.25, -0.2) is 18.7 Å². The largest absolute Gasteiger partial charge is 0.485 e. The lowest BCUT2D eigenvalue weighted by Gasteiger charge is -2.13.